The lowest BCUT2D eigenvalue weighted by molar-refractivity contribution is 0.208. The zero-order chi connectivity index (χ0) is 11.5. The lowest BCUT2D eigenvalue weighted by atomic mass is 9.76. The van der Waals surface area contributed by atoms with E-state index in [1.807, 2.05) is 0 Å². The summed E-state index contributed by atoms with van der Waals surface area (Å²) in [5.74, 6) is 2.88. The zero-order valence-electron chi connectivity index (χ0n) is 11.5. The van der Waals surface area contributed by atoms with Gasteiger partial charge in [0.2, 0.25) is 0 Å². The minimum atomic E-state index is 0.595. The van der Waals surface area contributed by atoms with Crippen molar-refractivity contribution in [2.24, 2.45) is 23.2 Å². The van der Waals surface area contributed by atoms with E-state index >= 15 is 0 Å². The molecule has 90 valence electrons. The second-order valence-electron chi connectivity index (χ2n) is 6.77. The molecule has 0 radical (unpaired) electrons. The quantitative estimate of drug-likeness (QED) is 0.556. The molecule has 1 aliphatic carbocycles. The second-order valence-corrected chi connectivity index (χ2v) is 6.77. The summed E-state index contributed by atoms with van der Waals surface area (Å²) in [7, 11) is 0. The SMILES string of the molecule is CCCC(C)C1CC(C)CCC(C)(C)C1. The summed E-state index contributed by atoms with van der Waals surface area (Å²) in [5, 5.41) is 0. The van der Waals surface area contributed by atoms with Crippen molar-refractivity contribution in [1.82, 2.24) is 0 Å². The molecule has 0 nitrogen and oxygen atoms in total. The molecule has 0 aromatic rings. The molecule has 1 saturated carbocycles. The van der Waals surface area contributed by atoms with Gasteiger partial charge in [-0.3, -0.25) is 0 Å². The zero-order valence-corrected chi connectivity index (χ0v) is 11.5. The molecule has 0 amide bonds. The molecule has 0 spiro atoms. The van der Waals surface area contributed by atoms with Crippen molar-refractivity contribution in [3.8, 4) is 0 Å². The first-order chi connectivity index (χ1) is 6.94. The molecule has 1 aliphatic rings. The van der Waals surface area contributed by atoms with Crippen molar-refractivity contribution in [3.05, 3.63) is 0 Å². The van der Waals surface area contributed by atoms with Crippen molar-refractivity contribution < 1.29 is 0 Å². The Bertz CT molecular complexity index is 180. The van der Waals surface area contributed by atoms with E-state index in [4.69, 9.17) is 0 Å². The molecule has 0 aromatic heterocycles. The predicted octanol–water partition coefficient (Wildman–Crippen LogP) is 5.28. The molecule has 0 saturated heterocycles. The molecule has 3 atom stereocenters. The Morgan fingerprint density at radius 3 is 2.60 bits per heavy atom. The van der Waals surface area contributed by atoms with Gasteiger partial charge < -0.3 is 0 Å². The lowest BCUT2D eigenvalue weighted by Crippen LogP contribution is -2.19. The Kier molecular flexibility index (Phi) is 4.67. The van der Waals surface area contributed by atoms with Crippen molar-refractivity contribution in [3.63, 3.8) is 0 Å². The van der Waals surface area contributed by atoms with Gasteiger partial charge in [-0.15, -0.1) is 0 Å². The lowest BCUT2D eigenvalue weighted by Gasteiger charge is -2.30. The number of hydrogen-bond donors (Lipinski definition) is 0. The Morgan fingerprint density at radius 1 is 1.33 bits per heavy atom. The third kappa shape index (κ3) is 4.17. The van der Waals surface area contributed by atoms with Crippen LogP contribution in [0.15, 0.2) is 0 Å². The monoisotopic (exact) mass is 210 g/mol. The smallest absolute Gasteiger partial charge is 0.0351 e. The van der Waals surface area contributed by atoms with Crippen molar-refractivity contribution in [1.29, 1.82) is 0 Å². The topological polar surface area (TPSA) is 0 Å². The fourth-order valence-corrected chi connectivity index (χ4v) is 3.29. The van der Waals surface area contributed by atoms with Crippen LogP contribution in [0.2, 0.25) is 0 Å². The standard InChI is InChI=1S/C15H30/c1-6-7-13(3)14-10-12(2)8-9-15(4,5)11-14/h12-14H,6-11H2,1-5H3. The highest BCUT2D eigenvalue weighted by Crippen LogP contribution is 2.42. The molecular weight excluding hydrogens is 180 g/mol. The molecule has 1 fully saturated rings. The van der Waals surface area contributed by atoms with Gasteiger partial charge in [0.1, 0.15) is 0 Å². The molecule has 0 heteroatoms. The maximum absolute atomic E-state index is 2.47. The van der Waals surface area contributed by atoms with E-state index in [0.29, 0.717) is 5.41 Å². The average molecular weight is 210 g/mol. The maximum Gasteiger partial charge on any atom is -0.0351 e. The van der Waals surface area contributed by atoms with Gasteiger partial charge in [0.05, 0.1) is 0 Å². The van der Waals surface area contributed by atoms with Crippen LogP contribution in [-0.4, -0.2) is 0 Å². The van der Waals surface area contributed by atoms with Crippen LogP contribution in [0.4, 0.5) is 0 Å². The Hall–Kier alpha value is 0. The van der Waals surface area contributed by atoms with Gasteiger partial charge in [-0.25, -0.2) is 0 Å². The summed E-state index contributed by atoms with van der Waals surface area (Å²) in [6, 6.07) is 0. The summed E-state index contributed by atoms with van der Waals surface area (Å²) in [5.41, 5.74) is 0.595. The van der Waals surface area contributed by atoms with E-state index in [9.17, 15) is 0 Å². The molecule has 3 unspecified atom stereocenters. The summed E-state index contributed by atoms with van der Waals surface area (Å²) in [6.45, 7) is 12.2. The molecule has 0 aromatic carbocycles. The summed E-state index contributed by atoms with van der Waals surface area (Å²) < 4.78 is 0. The van der Waals surface area contributed by atoms with Crippen molar-refractivity contribution in [2.75, 3.05) is 0 Å². The van der Waals surface area contributed by atoms with Gasteiger partial charge in [-0.1, -0.05) is 53.9 Å². The molecule has 0 bridgehead atoms. The molecular formula is C15H30. The maximum atomic E-state index is 2.47. The minimum Gasteiger partial charge on any atom is -0.0654 e. The summed E-state index contributed by atoms with van der Waals surface area (Å²) >= 11 is 0. The van der Waals surface area contributed by atoms with E-state index in [-0.39, 0.29) is 0 Å². The second kappa shape index (κ2) is 5.37. The van der Waals surface area contributed by atoms with Gasteiger partial charge >= 0.3 is 0 Å². The molecule has 0 aliphatic heterocycles. The Balaban J connectivity index is 2.60. The third-order valence-electron chi connectivity index (χ3n) is 4.38. The Morgan fingerprint density at radius 2 is 2.00 bits per heavy atom. The highest BCUT2D eigenvalue weighted by molar-refractivity contribution is 4.82. The van der Waals surface area contributed by atoms with E-state index in [0.717, 1.165) is 17.8 Å². The van der Waals surface area contributed by atoms with Gasteiger partial charge in [0.15, 0.2) is 0 Å². The predicted molar refractivity (Wildman–Crippen MR) is 69.0 cm³/mol. The van der Waals surface area contributed by atoms with Gasteiger partial charge in [-0.2, -0.15) is 0 Å². The van der Waals surface area contributed by atoms with E-state index < -0.39 is 0 Å². The molecule has 0 heterocycles. The normalized spacial score (nSPS) is 33.4. The van der Waals surface area contributed by atoms with Crippen LogP contribution in [-0.2, 0) is 0 Å². The van der Waals surface area contributed by atoms with Gasteiger partial charge in [0, 0.05) is 0 Å². The number of hydrogen-bond acceptors (Lipinski definition) is 0. The van der Waals surface area contributed by atoms with Crippen LogP contribution in [0.5, 0.6) is 0 Å². The van der Waals surface area contributed by atoms with E-state index in [1.54, 1.807) is 0 Å². The van der Waals surface area contributed by atoms with Crippen LogP contribution >= 0.6 is 0 Å². The van der Waals surface area contributed by atoms with Crippen LogP contribution in [0.3, 0.4) is 0 Å². The summed E-state index contributed by atoms with van der Waals surface area (Å²) in [4.78, 5) is 0. The first-order valence-electron chi connectivity index (χ1n) is 6.94. The largest absolute Gasteiger partial charge is 0.0654 e. The highest BCUT2D eigenvalue weighted by Gasteiger charge is 2.31. The van der Waals surface area contributed by atoms with Gasteiger partial charge in [0.25, 0.3) is 0 Å². The van der Waals surface area contributed by atoms with E-state index in [1.165, 1.54) is 38.5 Å². The molecule has 15 heavy (non-hydrogen) atoms. The first-order valence-corrected chi connectivity index (χ1v) is 6.94. The third-order valence-corrected chi connectivity index (χ3v) is 4.38. The average Bonchev–Trinajstić information content (AvgIpc) is 2.26. The highest BCUT2D eigenvalue weighted by atomic mass is 14.4. The van der Waals surface area contributed by atoms with E-state index in [2.05, 4.69) is 34.6 Å². The van der Waals surface area contributed by atoms with Crippen LogP contribution in [0.25, 0.3) is 0 Å². The molecule has 1 rings (SSSR count). The molecule has 0 N–H and O–H groups in total. The summed E-state index contributed by atoms with van der Waals surface area (Å²) in [6.07, 6.45) is 8.59. The van der Waals surface area contributed by atoms with Crippen molar-refractivity contribution in [2.45, 2.75) is 73.1 Å². The van der Waals surface area contributed by atoms with Crippen LogP contribution in [0.1, 0.15) is 73.1 Å². The van der Waals surface area contributed by atoms with Gasteiger partial charge in [-0.05, 0) is 42.4 Å². The van der Waals surface area contributed by atoms with Crippen LogP contribution in [0, 0.1) is 23.2 Å². The fourth-order valence-electron chi connectivity index (χ4n) is 3.29. The Labute approximate surface area is 96.8 Å². The number of rotatable bonds is 3. The minimum absolute atomic E-state index is 0.595. The fraction of sp³-hybridized carbons (Fsp3) is 1.00. The first kappa shape index (κ1) is 13.1. The van der Waals surface area contributed by atoms with Crippen LogP contribution < -0.4 is 0 Å². The van der Waals surface area contributed by atoms with Crippen molar-refractivity contribution >= 4 is 0 Å².